The van der Waals surface area contributed by atoms with Crippen LogP contribution in [0.4, 0.5) is 0 Å². The molecule has 1 heterocycles. The smallest absolute Gasteiger partial charge is 0.254 e. The number of carbonyl (C=O) groups is 1. The summed E-state index contributed by atoms with van der Waals surface area (Å²) >= 11 is 0. The molecule has 5 heteroatoms. The van der Waals surface area contributed by atoms with E-state index < -0.39 is 15.1 Å². The van der Waals surface area contributed by atoms with Gasteiger partial charge in [-0.15, -0.1) is 0 Å². The number of carbonyl (C=O) groups excluding carboxylic acids is 1. The van der Waals surface area contributed by atoms with E-state index in [1.165, 1.54) is 0 Å². The van der Waals surface area contributed by atoms with Crippen molar-refractivity contribution in [3.05, 3.63) is 83.9 Å². The first-order chi connectivity index (χ1) is 13.1. The molecule has 3 aromatic carbocycles. The molecule has 0 aromatic heterocycles. The summed E-state index contributed by atoms with van der Waals surface area (Å²) in [7, 11) is -3.30. The van der Waals surface area contributed by atoms with E-state index in [-0.39, 0.29) is 18.2 Å². The van der Waals surface area contributed by atoms with Crippen molar-refractivity contribution >= 4 is 26.5 Å². The van der Waals surface area contributed by atoms with Gasteiger partial charge in [0.1, 0.15) is 0 Å². The van der Waals surface area contributed by atoms with Crippen molar-refractivity contribution < 1.29 is 13.2 Å². The van der Waals surface area contributed by atoms with Gasteiger partial charge in [-0.3, -0.25) is 4.79 Å². The van der Waals surface area contributed by atoms with E-state index in [0.29, 0.717) is 18.5 Å². The van der Waals surface area contributed by atoms with Crippen molar-refractivity contribution in [2.45, 2.75) is 11.7 Å². The van der Waals surface area contributed by atoms with Crippen molar-refractivity contribution in [1.82, 2.24) is 4.90 Å². The number of rotatable bonds is 2. The van der Waals surface area contributed by atoms with Crippen molar-refractivity contribution in [2.75, 3.05) is 18.8 Å². The highest BCUT2D eigenvalue weighted by molar-refractivity contribution is 7.91. The molecule has 0 bridgehead atoms. The van der Waals surface area contributed by atoms with Gasteiger partial charge in [0.2, 0.25) is 0 Å². The summed E-state index contributed by atoms with van der Waals surface area (Å²) < 4.78 is 25.6. The molecule has 1 aliphatic rings. The summed E-state index contributed by atoms with van der Waals surface area (Å²) in [5, 5.41) is 1.36. The van der Waals surface area contributed by atoms with E-state index in [0.717, 1.165) is 16.3 Å². The first kappa shape index (κ1) is 17.7. The summed E-state index contributed by atoms with van der Waals surface area (Å²) in [4.78, 5) is 14.8. The molecule has 1 unspecified atom stereocenters. The van der Waals surface area contributed by atoms with Crippen molar-refractivity contribution in [3.63, 3.8) is 0 Å². The molecule has 0 radical (unpaired) electrons. The van der Waals surface area contributed by atoms with Crippen LogP contribution in [-0.4, -0.2) is 38.1 Å². The van der Waals surface area contributed by atoms with Crippen LogP contribution in [0.25, 0.3) is 10.8 Å². The SMILES string of the molecule is O=C(c1cccc2ccccc12)N1CCC(c2ccccc2)S(=O)(=O)CC1. The molecule has 27 heavy (non-hydrogen) atoms. The molecule has 0 aliphatic carbocycles. The average Bonchev–Trinajstić information content (AvgIpc) is 2.85. The standard InChI is InChI=1S/C22H21NO3S/c24-22(20-12-6-10-17-7-4-5-11-19(17)20)23-14-13-21(27(25,26)16-15-23)18-8-2-1-3-9-18/h1-12,21H,13-16H2. The van der Waals surface area contributed by atoms with E-state index in [1.54, 1.807) is 4.90 Å². The third-order valence-corrected chi connectivity index (χ3v) is 7.35. The fourth-order valence-electron chi connectivity index (χ4n) is 3.77. The second-order valence-corrected chi connectivity index (χ2v) is 9.18. The molecule has 138 valence electrons. The van der Waals surface area contributed by atoms with Gasteiger partial charge in [0.05, 0.1) is 11.0 Å². The minimum Gasteiger partial charge on any atom is -0.338 e. The maximum absolute atomic E-state index is 13.2. The Kier molecular flexibility index (Phi) is 4.70. The van der Waals surface area contributed by atoms with E-state index in [2.05, 4.69) is 0 Å². The average molecular weight is 379 g/mol. The zero-order chi connectivity index (χ0) is 18.9. The summed E-state index contributed by atoms with van der Waals surface area (Å²) in [6.45, 7) is 0.661. The molecule has 3 aromatic rings. The minimum absolute atomic E-state index is 0.0108. The predicted octanol–water partition coefficient (Wildman–Crippen LogP) is 3.84. The Balaban J connectivity index is 1.63. The molecule has 1 aliphatic heterocycles. The second kappa shape index (κ2) is 7.16. The zero-order valence-corrected chi connectivity index (χ0v) is 15.7. The molecule has 1 amide bonds. The van der Waals surface area contributed by atoms with Gasteiger partial charge in [0.25, 0.3) is 5.91 Å². The van der Waals surface area contributed by atoms with E-state index in [9.17, 15) is 13.2 Å². The van der Waals surface area contributed by atoms with Crippen LogP contribution in [-0.2, 0) is 9.84 Å². The summed E-state index contributed by atoms with van der Waals surface area (Å²) in [6.07, 6.45) is 0.419. The van der Waals surface area contributed by atoms with Gasteiger partial charge in [0.15, 0.2) is 9.84 Å². The van der Waals surface area contributed by atoms with Gasteiger partial charge in [-0.25, -0.2) is 8.42 Å². The molecular formula is C22H21NO3S. The number of sulfone groups is 1. The lowest BCUT2D eigenvalue weighted by Gasteiger charge is -2.21. The van der Waals surface area contributed by atoms with Crippen LogP contribution in [0.15, 0.2) is 72.8 Å². The Morgan fingerprint density at radius 2 is 1.56 bits per heavy atom. The molecular weight excluding hydrogens is 358 g/mol. The van der Waals surface area contributed by atoms with Crippen LogP contribution in [0.5, 0.6) is 0 Å². The zero-order valence-electron chi connectivity index (χ0n) is 14.9. The van der Waals surface area contributed by atoms with Gasteiger partial charge in [-0.1, -0.05) is 66.7 Å². The number of hydrogen-bond donors (Lipinski definition) is 0. The lowest BCUT2D eigenvalue weighted by Crippen LogP contribution is -2.33. The molecule has 1 atom stereocenters. The molecule has 0 spiro atoms. The van der Waals surface area contributed by atoms with Crippen molar-refractivity contribution in [3.8, 4) is 0 Å². The number of hydrogen-bond acceptors (Lipinski definition) is 3. The van der Waals surface area contributed by atoms with Crippen LogP contribution in [0.2, 0.25) is 0 Å². The molecule has 0 saturated carbocycles. The largest absolute Gasteiger partial charge is 0.338 e. The van der Waals surface area contributed by atoms with E-state index >= 15 is 0 Å². The Morgan fingerprint density at radius 1 is 0.852 bits per heavy atom. The Bertz CT molecular complexity index is 1070. The normalized spacial score (nSPS) is 19.6. The molecule has 0 N–H and O–H groups in total. The highest BCUT2D eigenvalue weighted by Crippen LogP contribution is 2.30. The van der Waals surface area contributed by atoms with Gasteiger partial charge in [-0.05, 0) is 28.8 Å². The predicted molar refractivity (Wildman–Crippen MR) is 107 cm³/mol. The summed E-state index contributed by atoms with van der Waals surface area (Å²) in [6, 6.07) is 22.7. The Hall–Kier alpha value is -2.66. The Labute approximate surface area is 159 Å². The Morgan fingerprint density at radius 3 is 2.37 bits per heavy atom. The third kappa shape index (κ3) is 3.47. The lowest BCUT2D eigenvalue weighted by molar-refractivity contribution is 0.0768. The topological polar surface area (TPSA) is 54.5 Å². The van der Waals surface area contributed by atoms with Gasteiger partial charge in [-0.2, -0.15) is 0 Å². The molecule has 1 saturated heterocycles. The monoisotopic (exact) mass is 379 g/mol. The highest BCUT2D eigenvalue weighted by atomic mass is 32.2. The highest BCUT2D eigenvalue weighted by Gasteiger charge is 2.33. The molecule has 4 nitrogen and oxygen atoms in total. The van der Waals surface area contributed by atoms with Gasteiger partial charge >= 0.3 is 0 Å². The maximum Gasteiger partial charge on any atom is 0.254 e. The van der Waals surface area contributed by atoms with E-state index in [1.807, 2.05) is 72.8 Å². The fraction of sp³-hybridized carbons (Fsp3) is 0.227. The lowest BCUT2D eigenvalue weighted by atomic mass is 10.0. The minimum atomic E-state index is -3.30. The molecule has 4 rings (SSSR count). The molecule has 1 fully saturated rings. The number of amides is 1. The summed E-state index contributed by atoms with van der Waals surface area (Å²) in [5.74, 6) is -0.112. The third-order valence-electron chi connectivity index (χ3n) is 5.22. The maximum atomic E-state index is 13.2. The number of fused-ring (bicyclic) bond motifs is 1. The van der Waals surface area contributed by atoms with Crippen LogP contribution < -0.4 is 0 Å². The summed E-state index contributed by atoms with van der Waals surface area (Å²) in [5.41, 5.74) is 1.43. The number of benzene rings is 3. The second-order valence-electron chi connectivity index (χ2n) is 6.87. The van der Waals surface area contributed by atoms with Gasteiger partial charge < -0.3 is 4.90 Å². The van der Waals surface area contributed by atoms with E-state index in [4.69, 9.17) is 0 Å². The quantitative estimate of drug-likeness (QED) is 0.680. The van der Waals surface area contributed by atoms with Crippen molar-refractivity contribution in [2.24, 2.45) is 0 Å². The van der Waals surface area contributed by atoms with Crippen LogP contribution in [0.3, 0.4) is 0 Å². The first-order valence-corrected chi connectivity index (χ1v) is 10.8. The van der Waals surface area contributed by atoms with Crippen LogP contribution in [0, 0.1) is 0 Å². The van der Waals surface area contributed by atoms with Crippen LogP contribution in [0.1, 0.15) is 27.6 Å². The van der Waals surface area contributed by atoms with Crippen molar-refractivity contribution in [1.29, 1.82) is 0 Å². The first-order valence-electron chi connectivity index (χ1n) is 9.10. The van der Waals surface area contributed by atoms with Crippen LogP contribution >= 0.6 is 0 Å². The number of nitrogens with zero attached hydrogens (tertiary/aromatic N) is 1. The van der Waals surface area contributed by atoms with Gasteiger partial charge in [0, 0.05) is 18.7 Å². The fourth-order valence-corrected chi connectivity index (χ4v) is 5.57.